The van der Waals surface area contributed by atoms with Crippen molar-refractivity contribution in [1.29, 1.82) is 0 Å². The molecule has 3 aromatic rings. The van der Waals surface area contributed by atoms with Crippen LogP contribution in [-0.2, 0) is 27.8 Å². The Kier molecular flexibility index (Phi) is 5.91. The SMILES string of the molecule is NS(=O)(=O)c1cccc(CN(c2nc(Nc3ccc4c(c3)NC(=O)C4)ncc2F)C(F)F)c1. The number of nitrogens with two attached hydrogens (primary N) is 1. The Hall–Kier alpha value is -3.71. The summed E-state index contributed by atoms with van der Waals surface area (Å²) in [6, 6.07) is 10.1. The maximum Gasteiger partial charge on any atom is 0.316 e. The van der Waals surface area contributed by atoms with E-state index in [4.69, 9.17) is 5.14 Å². The molecule has 1 amide bonds. The Labute approximate surface area is 186 Å². The molecule has 2 heterocycles. The Morgan fingerprint density at radius 1 is 1.21 bits per heavy atom. The molecule has 33 heavy (non-hydrogen) atoms. The molecule has 4 rings (SSSR count). The summed E-state index contributed by atoms with van der Waals surface area (Å²) in [5, 5.41) is 10.6. The summed E-state index contributed by atoms with van der Waals surface area (Å²) in [5.74, 6) is -2.08. The molecule has 1 aliphatic rings. The third-order valence-corrected chi connectivity index (χ3v) is 5.72. The Morgan fingerprint density at radius 2 is 2.00 bits per heavy atom. The van der Waals surface area contributed by atoms with Crippen LogP contribution in [0.2, 0.25) is 0 Å². The normalized spacial score (nSPS) is 13.1. The van der Waals surface area contributed by atoms with Crippen molar-refractivity contribution in [2.45, 2.75) is 24.4 Å². The Morgan fingerprint density at radius 3 is 2.73 bits per heavy atom. The number of amides is 1. The van der Waals surface area contributed by atoms with Crippen molar-refractivity contribution in [2.24, 2.45) is 5.14 Å². The highest BCUT2D eigenvalue weighted by molar-refractivity contribution is 7.89. The van der Waals surface area contributed by atoms with Gasteiger partial charge in [0.25, 0.3) is 0 Å². The predicted molar refractivity (Wildman–Crippen MR) is 114 cm³/mol. The van der Waals surface area contributed by atoms with Crippen molar-refractivity contribution in [2.75, 3.05) is 15.5 Å². The third kappa shape index (κ3) is 5.04. The zero-order valence-corrected chi connectivity index (χ0v) is 17.6. The molecule has 0 fully saturated rings. The lowest BCUT2D eigenvalue weighted by molar-refractivity contribution is -0.115. The highest BCUT2D eigenvalue weighted by Crippen LogP contribution is 2.29. The number of hydrogen-bond donors (Lipinski definition) is 3. The van der Waals surface area contributed by atoms with Crippen molar-refractivity contribution < 1.29 is 26.4 Å². The van der Waals surface area contributed by atoms with Crippen LogP contribution in [0.1, 0.15) is 11.1 Å². The summed E-state index contributed by atoms with van der Waals surface area (Å²) in [6.45, 7) is -3.70. The van der Waals surface area contributed by atoms with E-state index in [1.807, 2.05) is 0 Å². The Bertz CT molecular complexity index is 1340. The number of sulfonamides is 1. The second kappa shape index (κ2) is 8.67. The zero-order valence-electron chi connectivity index (χ0n) is 16.8. The molecule has 4 N–H and O–H groups in total. The summed E-state index contributed by atoms with van der Waals surface area (Å²) >= 11 is 0. The molecule has 1 aromatic heterocycles. The lowest BCUT2D eigenvalue weighted by atomic mass is 10.1. The molecular weight excluding hydrogens is 461 g/mol. The van der Waals surface area contributed by atoms with Gasteiger partial charge in [-0.1, -0.05) is 18.2 Å². The molecule has 0 spiro atoms. The maximum atomic E-state index is 14.4. The second-order valence-corrected chi connectivity index (χ2v) is 8.75. The number of alkyl halides is 2. The first-order valence-corrected chi connectivity index (χ1v) is 11.0. The van der Waals surface area contributed by atoms with Gasteiger partial charge in [-0.15, -0.1) is 0 Å². The van der Waals surface area contributed by atoms with E-state index in [2.05, 4.69) is 20.6 Å². The molecule has 13 heteroatoms. The first-order chi connectivity index (χ1) is 15.6. The minimum absolute atomic E-state index is 0.151. The lowest BCUT2D eigenvalue weighted by Crippen LogP contribution is -2.30. The van der Waals surface area contributed by atoms with Crippen LogP contribution in [-0.4, -0.2) is 30.8 Å². The first-order valence-electron chi connectivity index (χ1n) is 9.49. The van der Waals surface area contributed by atoms with E-state index in [1.165, 1.54) is 18.2 Å². The van der Waals surface area contributed by atoms with Gasteiger partial charge in [-0.3, -0.25) is 9.69 Å². The number of aromatic nitrogens is 2. The van der Waals surface area contributed by atoms with Crippen molar-refractivity contribution in [3.63, 3.8) is 0 Å². The summed E-state index contributed by atoms with van der Waals surface area (Å²) in [5.41, 5.74) is 2.01. The van der Waals surface area contributed by atoms with Gasteiger partial charge in [0.15, 0.2) is 11.6 Å². The maximum absolute atomic E-state index is 14.4. The standard InChI is InChI=1S/C20H17F3N6O3S/c21-15-9-25-20(26-13-5-4-12-7-17(30)27-16(12)8-13)28-18(15)29(19(22)23)10-11-2-1-3-14(6-11)33(24,31)32/h1-6,8-9,19H,7,10H2,(H,27,30)(H2,24,31,32)(H,25,26,28). The van der Waals surface area contributed by atoms with Gasteiger partial charge >= 0.3 is 6.55 Å². The number of anilines is 4. The fraction of sp³-hybridized carbons (Fsp3) is 0.150. The first kappa shape index (κ1) is 22.5. The molecule has 172 valence electrons. The van der Waals surface area contributed by atoms with Gasteiger partial charge in [0.2, 0.25) is 21.9 Å². The second-order valence-electron chi connectivity index (χ2n) is 7.19. The quantitative estimate of drug-likeness (QED) is 0.445. The van der Waals surface area contributed by atoms with Gasteiger partial charge in [0.05, 0.1) is 17.5 Å². The average Bonchev–Trinajstić information content (AvgIpc) is 3.12. The van der Waals surface area contributed by atoms with Gasteiger partial charge in [-0.05, 0) is 35.4 Å². The molecule has 0 radical (unpaired) electrons. The van der Waals surface area contributed by atoms with Crippen molar-refractivity contribution in [1.82, 2.24) is 9.97 Å². The molecule has 0 bridgehead atoms. The van der Waals surface area contributed by atoms with Crippen LogP contribution in [0.15, 0.2) is 53.6 Å². The molecule has 0 unspecified atom stereocenters. The van der Waals surface area contributed by atoms with Crippen molar-refractivity contribution in [3.8, 4) is 0 Å². The largest absolute Gasteiger partial charge is 0.325 e. The smallest absolute Gasteiger partial charge is 0.316 e. The molecular formula is C20H17F3N6O3S. The van der Waals surface area contributed by atoms with E-state index in [9.17, 15) is 26.4 Å². The molecule has 0 atom stereocenters. The highest BCUT2D eigenvalue weighted by Gasteiger charge is 2.24. The predicted octanol–water partition coefficient (Wildman–Crippen LogP) is 2.73. The van der Waals surface area contributed by atoms with Crippen LogP contribution < -0.4 is 20.7 Å². The van der Waals surface area contributed by atoms with E-state index in [-0.39, 0.29) is 28.7 Å². The monoisotopic (exact) mass is 478 g/mol. The molecule has 9 nitrogen and oxygen atoms in total. The summed E-state index contributed by atoms with van der Waals surface area (Å²) < 4.78 is 65.2. The fourth-order valence-corrected chi connectivity index (χ4v) is 3.88. The lowest BCUT2D eigenvalue weighted by Gasteiger charge is -2.23. The van der Waals surface area contributed by atoms with Gasteiger partial charge in [0, 0.05) is 17.9 Å². The van der Waals surface area contributed by atoms with E-state index < -0.39 is 34.8 Å². The van der Waals surface area contributed by atoms with Crippen LogP contribution in [0.3, 0.4) is 0 Å². The minimum atomic E-state index is -4.05. The third-order valence-electron chi connectivity index (χ3n) is 4.80. The van der Waals surface area contributed by atoms with E-state index >= 15 is 0 Å². The van der Waals surface area contributed by atoms with Gasteiger partial charge < -0.3 is 10.6 Å². The number of hydrogen-bond acceptors (Lipinski definition) is 7. The average molecular weight is 478 g/mol. The molecule has 0 saturated heterocycles. The van der Waals surface area contributed by atoms with Crippen LogP contribution in [0, 0.1) is 5.82 Å². The summed E-state index contributed by atoms with van der Waals surface area (Å²) in [7, 11) is -4.05. The Balaban J connectivity index is 1.61. The molecule has 0 saturated carbocycles. The van der Waals surface area contributed by atoms with Crippen LogP contribution in [0.4, 0.5) is 36.3 Å². The zero-order chi connectivity index (χ0) is 23.8. The van der Waals surface area contributed by atoms with Crippen molar-refractivity contribution in [3.05, 3.63) is 65.6 Å². The van der Waals surface area contributed by atoms with Gasteiger partial charge in [-0.2, -0.15) is 13.8 Å². The number of carbonyl (C=O) groups excluding carboxylic acids is 1. The fourth-order valence-electron chi connectivity index (χ4n) is 3.29. The van der Waals surface area contributed by atoms with Crippen LogP contribution >= 0.6 is 0 Å². The van der Waals surface area contributed by atoms with E-state index in [0.717, 1.165) is 17.8 Å². The number of nitrogens with one attached hydrogen (secondary N) is 2. The van der Waals surface area contributed by atoms with Crippen LogP contribution in [0.25, 0.3) is 0 Å². The number of primary sulfonamides is 1. The molecule has 2 aromatic carbocycles. The van der Waals surface area contributed by atoms with Gasteiger partial charge in [0.1, 0.15) is 0 Å². The van der Waals surface area contributed by atoms with E-state index in [1.54, 1.807) is 18.2 Å². The molecule has 1 aliphatic heterocycles. The van der Waals surface area contributed by atoms with Crippen LogP contribution in [0.5, 0.6) is 0 Å². The number of nitrogens with zero attached hydrogens (tertiary/aromatic N) is 3. The van der Waals surface area contributed by atoms with E-state index in [0.29, 0.717) is 16.3 Å². The number of fused-ring (bicyclic) bond motifs is 1. The number of carbonyl (C=O) groups is 1. The molecule has 0 aliphatic carbocycles. The topological polar surface area (TPSA) is 130 Å². The number of halogens is 3. The highest BCUT2D eigenvalue weighted by atomic mass is 32.2. The summed E-state index contributed by atoms with van der Waals surface area (Å²) in [4.78, 5) is 19.3. The number of benzene rings is 2. The van der Waals surface area contributed by atoms with Crippen molar-refractivity contribution >= 4 is 39.1 Å². The minimum Gasteiger partial charge on any atom is -0.325 e. The van der Waals surface area contributed by atoms with Gasteiger partial charge in [-0.25, -0.2) is 22.9 Å². The summed E-state index contributed by atoms with van der Waals surface area (Å²) in [6.07, 6.45) is 0.999. The number of rotatable bonds is 7.